The molecule has 0 atom stereocenters. The van der Waals surface area contributed by atoms with Crippen LogP contribution in [0.4, 0.5) is 10.3 Å². The van der Waals surface area contributed by atoms with Crippen LogP contribution in [0.3, 0.4) is 0 Å². The van der Waals surface area contributed by atoms with Crippen molar-refractivity contribution < 1.29 is 14.3 Å². The maximum absolute atomic E-state index is 14.4. The van der Waals surface area contributed by atoms with Crippen molar-refractivity contribution in [1.29, 1.82) is 0 Å². The third-order valence-corrected chi connectivity index (χ3v) is 4.87. The lowest BCUT2D eigenvalue weighted by Gasteiger charge is -2.29. The average Bonchev–Trinajstić information content (AvgIpc) is 2.64. The Morgan fingerprint density at radius 3 is 2.54 bits per heavy atom. The van der Waals surface area contributed by atoms with Gasteiger partial charge in [0.05, 0.1) is 11.9 Å². The second-order valence-electron chi connectivity index (χ2n) is 7.77. The molecule has 2 aromatic rings. The number of hydrogen-bond donors (Lipinski definition) is 3. The van der Waals surface area contributed by atoms with Gasteiger partial charge in [-0.15, -0.1) is 0 Å². The summed E-state index contributed by atoms with van der Waals surface area (Å²) >= 11 is 0. The molecule has 3 rings (SSSR count). The SMILES string of the molecule is CC(=O)NC1CCC(Nc2ncc(F)c(-c3ccnc(C(C)(C)O)c3)n2)CC1. The van der Waals surface area contributed by atoms with E-state index >= 15 is 0 Å². The van der Waals surface area contributed by atoms with Gasteiger partial charge in [-0.3, -0.25) is 9.78 Å². The Morgan fingerprint density at radius 1 is 1.21 bits per heavy atom. The number of aromatic nitrogens is 3. The van der Waals surface area contributed by atoms with Crippen molar-refractivity contribution >= 4 is 11.9 Å². The fourth-order valence-corrected chi connectivity index (χ4v) is 3.40. The van der Waals surface area contributed by atoms with Gasteiger partial charge in [-0.25, -0.2) is 14.4 Å². The van der Waals surface area contributed by atoms with E-state index in [-0.39, 0.29) is 23.7 Å². The Morgan fingerprint density at radius 2 is 1.89 bits per heavy atom. The predicted molar refractivity (Wildman–Crippen MR) is 104 cm³/mol. The van der Waals surface area contributed by atoms with Gasteiger partial charge in [-0.1, -0.05) is 0 Å². The van der Waals surface area contributed by atoms with Crippen molar-refractivity contribution in [3.8, 4) is 11.3 Å². The van der Waals surface area contributed by atoms with E-state index in [4.69, 9.17) is 0 Å². The van der Waals surface area contributed by atoms with E-state index in [1.165, 1.54) is 13.1 Å². The summed E-state index contributed by atoms with van der Waals surface area (Å²) in [7, 11) is 0. The van der Waals surface area contributed by atoms with Crippen LogP contribution in [-0.4, -0.2) is 38.0 Å². The van der Waals surface area contributed by atoms with Gasteiger partial charge >= 0.3 is 0 Å². The molecule has 1 amide bonds. The number of pyridine rings is 1. The van der Waals surface area contributed by atoms with Crippen molar-refractivity contribution in [2.45, 2.75) is 64.1 Å². The van der Waals surface area contributed by atoms with E-state index in [0.29, 0.717) is 17.2 Å². The van der Waals surface area contributed by atoms with E-state index < -0.39 is 11.4 Å². The molecule has 3 N–H and O–H groups in total. The molecule has 28 heavy (non-hydrogen) atoms. The van der Waals surface area contributed by atoms with Gasteiger partial charge in [-0.05, 0) is 51.7 Å². The highest BCUT2D eigenvalue weighted by molar-refractivity contribution is 5.73. The minimum atomic E-state index is -1.13. The molecule has 1 aliphatic carbocycles. The van der Waals surface area contributed by atoms with Crippen LogP contribution in [0.2, 0.25) is 0 Å². The molecule has 2 heterocycles. The monoisotopic (exact) mass is 387 g/mol. The quantitative estimate of drug-likeness (QED) is 0.729. The summed E-state index contributed by atoms with van der Waals surface area (Å²) in [4.78, 5) is 23.7. The first-order valence-corrected chi connectivity index (χ1v) is 9.48. The molecule has 0 spiro atoms. The highest BCUT2D eigenvalue weighted by Gasteiger charge is 2.23. The number of amides is 1. The van der Waals surface area contributed by atoms with E-state index in [0.717, 1.165) is 31.9 Å². The van der Waals surface area contributed by atoms with E-state index in [1.54, 1.807) is 26.0 Å². The Labute approximate surface area is 163 Å². The Hall–Kier alpha value is -2.61. The topological polar surface area (TPSA) is 100 Å². The minimum absolute atomic E-state index is 0.00861. The Kier molecular flexibility index (Phi) is 5.88. The van der Waals surface area contributed by atoms with Crippen LogP contribution in [0.5, 0.6) is 0 Å². The lowest BCUT2D eigenvalue weighted by molar-refractivity contribution is -0.119. The van der Waals surface area contributed by atoms with Crippen LogP contribution in [-0.2, 0) is 10.4 Å². The normalized spacial score (nSPS) is 19.9. The molecule has 0 aliphatic heterocycles. The van der Waals surface area contributed by atoms with Gasteiger partial charge in [0.25, 0.3) is 0 Å². The maximum Gasteiger partial charge on any atom is 0.223 e. The van der Waals surface area contributed by atoms with Gasteiger partial charge in [0.1, 0.15) is 11.3 Å². The molecule has 8 heteroatoms. The largest absolute Gasteiger partial charge is 0.384 e. The number of carbonyl (C=O) groups is 1. The molecule has 1 fully saturated rings. The van der Waals surface area contributed by atoms with Gasteiger partial charge in [0.15, 0.2) is 5.82 Å². The molecule has 0 aromatic carbocycles. The number of nitrogens with zero attached hydrogens (tertiary/aromatic N) is 3. The highest BCUT2D eigenvalue weighted by Crippen LogP contribution is 2.26. The average molecular weight is 387 g/mol. The number of halogens is 1. The maximum atomic E-state index is 14.4. The first-order valence-electron chi connectivity index (χ1n) is 9.48. The third kappa shape index (κ3) is 5.01. The summed E-state index contributed by atoms with van der Waals surface area (Å²) < 4.78 is 14.4. The Balaban J connectivity index is 1.73. The lowest BCUT2D eigenvalue weighted by Crippen LogP contribution is -2.39. The van der Waals surface area contributed by atoms with Gasteiger partial charge in [0, 0.05) is 30.8 Å². The fourth-order valence-electron chi connectivity index (χ4n) is 3.40. The van der Waals surface area contributed by atoms with Crippen LogP contribution in [0.25, 0.3) is 11.3 Å². The summed E-state index contributed by atoms with van der Waals surface area (Å²) in [6.07, 6.45) is 6.19. The van der Waals surface area contributed by atoms with Crippen molar-refractivity contribution in [3.63, 3.8) is 0 Å². The first-order chi connectivity index (χ1) is 13.2. The van der Waals surface area contributed by atoms with Crippen LogP contribution in [0, 0.1) is 5.82 Å². The van der Waals surface area contributed by atoms with E-state index in [2.05, 4.69) is 25.6 Å². The number of aliphatic hydroxyl groups is 1. The molecule has 1 saturated carbocycles. The number of anilines is 1. The minimum Gasteiger partial charge on any atom is -0.384 e. The van der Waals surface area contributed by atoms with E-state index in [9.17, 15) is 14.3 Å². The Bertz CT molecular complexity index is 845. The lowest BCUT2D eigenvalue weighted by atomic mass is 9.91. The zero-order chi connectivity index (χ0) is 20.3. The van der Waals surface area contributed by atoms with Crippen LogP contribution in [0.15, 0.2) is 24.5 Å². The number of rotatable bonds is 5. The molecule has 0 bridgehead atoms. The van der Waals surface area contributed by atoms with Gasteiger partial charge in [-0.2, -0.15) is 0 Å². The molecule has 0 saturated heterocycles. The van der Waals surface area contributed by atoms with Crippen LogP contribution in [0.1, 0.15) is 52.1 Å². The summed E-state index contributed by atoms with van der Waals surface area (Å²) in [6.45, 7) is 4.78. The standard InChI is InChI=1S/C20H26FN5O2/c1-12(27)24-14-4-6-15(7-5-14)25-19-23-11-16(21)18(26-19)13-8-9-22-17(10-13)20(2,3)28/h8-11,14-15,28H,4-7H2,1-3H3,(H,24,27)(H,23,25,26). The second-order valence-corrected chi connectivity index (χ2v) is 7.77. The highest BCUT2D eigenvalue weighted by atomic mass is 19.1. The van der Waals surface area contributed by atoms with Gasteiger partial charge in [0.2, 0.25) is 11.9 Å². The third-order valence-electron chi connectivity index (χ3n) is 4.87. The number of hydrogen-bond acceptors (Lipinski definition) is 6. The molecule has 0 radical (unpaired) electrons. The molecule has 1 aliphatic rings. The fraction of sp³-hybridized carbons (Fsp3) is 0.500. The number of carbonyl (C=O) groups excluding carboxylic acids is 1. The summed E-state index contributed by atoms with van der Waals surface area (Å²) in [5, 5.41) is 16.4. The van der Waals surface area contributed by atoms with Crippen molar-refractivity contribution in [1.82, 2.24) is 20.3 Å². The van der Waals surface area contributed by atoms with Crippen LogP contribution < -0.4 is 10.6 Å². The smallest absolute Gasteiger partial charge is 0.223 e. The molecule has 0 unspecified atom stereocenters. The van der Waals surface area contributed by atoms with E-state index in [1.807, 2.05) is 0 Å². The van der Waals surface area contributed by atoms with Crippen LogP contribution >= 0.6 is 0 Å². The van der Waals surface area contributed by atoms with Gasteiger partial charge < -0.3 is 15.7 Å². The molecular formula is C20H26FN5O2. The zero-order valence-corrected chi connectivity index (χ0v) is 16.4. The van der Waals surface area contributed by atoms with Crippen molar-refractivity contribution in [2.24, 2.45) is 0 Å². The summed E-state index contributed by atoms with van der Waals surface area (Å²) in [6, 6.07) is 3.67. The molecular weight excluding hydrogens is 361 g/mol. The predicted octanol–water partition coefficient (Wildman–Crippen LogP) is 2.76. The van der Waals surface area contributed by atoms with Crippen molar-refractivity contribution in [3.05, 3.63) is 36.0 Å². The second kappa shape index (κ2) is 8.18. The zero-order valence-electron chi connectivity index (χ0n) is 16.4. The number of nitrogens with one attached hydrogen (secondary N) is 2. The molecule has 150 valence electrons. The molecule has 2 aromatic heterocycles. The molecule has 7 nitrogen and oxygen atoms in total. The van der Waals surface area contributed by atoms with Crippen molar-refractivity contribution in [2.75, 3.05) is 5.32 Å². The first kappa shape index (κ1) is 20.1. The summed E-state index contributed by atoms with van der Waals surface area (Å²) in [5.74, 6) is -0.181. The summed E-state index contributed by atoms with van der Waals surface area (Å²) in [5.41, 5.74) is 0.00300.